The van der Waals surface area contributed by atoms with Crippen molar-refractivity contribution in [3.63, 3.8) is 0 Å². The summed E-state index contributed by atoms with van der Waals surface area (Å²) in [6.07, 6.45) is 0. The number of amides is 2. The summed E-state index contributed by atoms with van der Waals surface area (Å²) in [5, 5.41) is 8.47. The van der Waals surface area contributed by atoms with Crippen molar-refractivity contribution in [1.29, 1.82) is 0 Å². The van der Waals surface area contributed by atoms with Crippen molar-refractivity contribution in [2.24, 2.45) is 0 Å². The van der Waals surface area contributed by atoms with Crippen LogP contribution in [0.3, 0.4) is 0 Å². The Morgan fingerprint density at radius 2 is 2.33 bits per heavy atom. The molecule has 2 saturated heterocycles. The normalized spacial score (nSPS) is 29.1. The van der Waals surface area contributed by atoms with Crippen LogP contribution in [-0.2, 0) is 0 Å². The fraction of sp³-hybridized carbons (Fsp3) is 0.600. The summed E-state index contributed by atoms with van der Waals surface area (Å²) in [5.41, 5.74) is -0.0584. The van der Waals surface area contributed by atoms with Crippen molar-refractivity contribution in [2.75, 3.05) is 13.1 Å². The van der Waals surface area contributed by atoms with Gasteiger partial charge in [0.15, 0.2) is 0 Å². The molecule has 3 N–H and O–H groups in total. The molecule has 2 heterocycles. The largest absolute Gasteiger partial charge is 0.336 e. The van der Waals surface area contributed by atoms with E-state index in [0.717, 1.165) is 13.1 Å². The molecule has 0 bridgehead atoms. The molecular formula is C5H8N3O. The second kappa shape index (κ2) is 1.39. The predicted molar refractivity (Wildman–Crippen MR) is 31.6 cm³/mol. The van der Waals surface area contributed by atoms with Gasteiger partial charge in [-0.05, 0) is 0 Å². The molecule has 2 rings (SSSR count). The van der Waals surface area contributed by atoms with Gasteiger partial charge < -0.3 is 16.0 Å². The summed E-state index contributed by atoms with van der Waals surface area (Å²) < 4.78 is 0. The van der Waals surface area contributed by atoms with Crippen molar-refractivity contribution in [2.45, 2.75) is 5.54 Å². The van der Waals surface area contributed by atoms with Crippen molar-refractivity contribution in [3.05, 3.63) is 6.54 Å². The van der Waals surface area contributed by atoms with Gasteiger partial charge in [0, 0.05) is 13.1 Å². The summed E-state index contributed by atoms with van der Waals surface area (Å²) in [5.74, 6) is 0. The van der Waals surface area contributed by atoms with E-state index in [9.17, 15) is 4.79 Å². The zero-order valence-electron chi connectivity index (χ0n) is 4.90. The van der Waals surface area contributed by atoms with E-state index in [1.54, 1.807) is 0 Å². The van der Waals surface area contributed by atoms with Gasteiger partial charge in [-0.2, -0.15) is 0 Å². The molecule has 1 radical (unpaired) electrons. The first-order valence-corrected chi connectivity index (χ1v) is 2.95. The molecule has 2 amide bonds. The fourth-order valence-corrected chi connectivity index (χ4v) is 1.09. The second-order valence-electron chi connectivity index (χ2n) is 2.49. The van der Waals surface area contributed by atoms with Gasteiger partial charge in [0.05, 0.1) is 12.1 Å². The molecular weight excluding hydrogens is 118 g/mol. The maximum Gasteiger partial charge on any atom is 0.315 e. The zero-order chi connectivity index (χ0) is 6.32. The van der Waals surface area contributed by atoms with Crippen molar-refractivity contribution in [1.82, 2.24) is 16.0 Å². The molecule has 0 saturated carbocycles. The Kier molecular flexibility index (Phi) is 0.778. The lowest BCUT2D eigenvalue weighted by atomic mass is 9.94. The summed E-state index contributed by atoms with van der Waals surface area (Å²) in [6.45, 7) is 3.48. The number of nitrogens with one attached hydrogen (secondary N) is 3. The Balaban J connectivity index is 2.07. The maximum absolute atomic E-state index is 10.6. The van der Waals surface area contributed by atoms with Gasteiger partial charge in [-0.25, -0.2) is 4.79 Å². The average molecular weight is 126 g/mol. The van der Waals surface area contributed by atoms with E-state index in [4.69, 9.17) is 0 Å². The molecule has 2 aliphatic rings. The monoisotopic (exact) mass is 126 g/mol. The Morgan fingerprint density at radius 3 is 2.56 bits per heavy atom. The molecule has 9 heavy (non-hydrogen) atoms. The molecule has 1 unspecified atom stereocenters. The average Bonchev–Trinajstić information content (AvgIpc) is 2.09. The van der Waals surface area contributed by atoms with Gasteiger partial charge in [-0.15, -0.1) is 0 Å². The molecule has 1 spiro atoms. The van der Waals surface area contributed by atoms with Gasteiger partial charge in [0.2, 0.25) is 0 Å². The molecule has 4 heteroatoms. The van der Waals surface area contributed by atoms with E-state index >= 15 is 0 Å². The Morgan fingerprint density at radius 1 is 1.56 bits per heavy atom. The van der Waals surface area contributed by atoms with Crippen LogP contribution in [0.5, 0.6) is 0 Å². The van der Waals surface area contributed by atoms with E-state index in [1.165, 1.54) is 0 Å². The highest BCUT2D eigenvalue weighted by Gasteiger charge is 2.43. The number of hydrogen-bond acceptors (Lipinski definition) is 2. The Labute approximate surface area is 53.0 Å². The molecule has 4 nitrogen and oxygen atoms in total. The van der Waals surface area contributed by atoms with E-state index < -0.39 is 0 Å². The van der Waals surface area contributed by atoms with Crippen molar-refractivity contribution in [3.8, 4) is 0 Å². The van der Waals surface area contributed by atoms with Crippen LogP contribution in [0.25, 0.3) is 0 Å². The topological polar surface area (TPSA) is 53.2 Å². The summed E-state index contributed by atoms with van der Waals surface area (Å²) >= 11 is 0. The van der Waals surface area contributed by atoms with E-state index in [-0.39, 0.29) is 11.6 Å². The first-order chi connectivity index (χ1) is 4.31. The van der Waals surface area contributed by atoms with Crippen molar-refractivity contribution >= 4 is 6.03 Å². The molecule has 0 aliphatic carbocycles. The zero-order valence-corrected chi connectivity index (χ0v) is 4.90. The minimum Gasteiger partial charge on any atom is -0.336 e. The summed E-state index contributed by atoms with van der Waals surface area (Å²) in [6, 6.07) is -0.0623. The number of hydrogen-bond donors (Lipinski definition) is 3. The van der Waals surface area contributed by atoms with E-state index in [0.29, 0.717) is 0 Å². The maximum atomic E-state index is 10.6. The third kappa shape index (κ3) is 0.595. The molecule has 1 atom stereocenters. The predicted octanol–water partition coefficient (Wildman–Crippen LogP) is -1.20. The standard InChI is InChI=1S/C5H8N3O/c9-4-7-3-5(8-4)1-6-2-5/h1,6H,2-3H2,(H2,7,8,9). The van der Waals surface area contributed by atoms with E-state index in [1.807, 2.05) is 6.54 Å². The number of urea groups is 1. The van der Waals surface area contributed by atoms with Crippen LogP contribution in [0.15, 0.2) is 0 Å². The first-order valence-electron chi connectivity index (χ1n) is 2.95. The smallest absolute Gasteiger partial charge is 0.315 e. The van der Waals surface area contributed by atoms with Gasteiger partial charge in [0.1, 0.15) is 0 Å². The Bertz CT molecular complexity index is 152. The summed E-state index contributed by atoms with van der Waals surface area (Å²) in [7, 11) is 0. The molecule has 0 aromatic rings. The quantitative estimate of drug-likeness (QED) is 0.382. The van der Waals surface area contributed by atoms with Gasteiger partial charge in [-0.3, -0.25) is 0 Å². The van der Waals surface area contributed by atoms with Crippen LogP contribution in [0.1, 0.15) is 0 Å². The molecule has 0 aromatic carbocycles. The SMILES string of the molecule is O=C1NCC2([CH]NC2)N1. The van der Waals surface area contributed by atoms with Crippen molar-refractivity contribution < 1.29 is 4.79 Å². The molecule has 2 aliphatic heterocycles. The molecule has 2 fully saturated rings. The summed E-state index contributed by atoms with van der Waals surface area (Å²) in [4.78, 5) is 10.6. The lowest BCUT2D eigenvalue weighted by Gasteiger charge is -2.36. The Hall–Kier alpha value is -0.770. The highest BCUT2D eigenvalue weighted by Crippen LogP contribution is 2.16. The van der Waals surface area contributed by atoms with Crippen LogP contribution in [0.4, 0.5) is 4.79 Å². The fourth-order valence-electron chi connectivity index (χ4n) is 1.09. The number of rotatable bonds is 0. The van der Waals surface area contributed by atoms with Crippen LogP contribution in [0, 0.1) is 6.54 Å². The number of carbonyl (C=O) groups is 1. The third-order valence-electron chi connectivity index (χ3n) is 1.72. The van der Waals surface area contributed by atoms with Crippen LogP contribution >= 0.6 is 0 Å². The van der Waals surface area contributed by atoms with Gasteiger partial charge >= 0.3 is 6.03 Å². The number of carbonyl (C=O) groups excluding carboxylic acids is 1. The van der Waals surface area contributed by atoms with Gasteiger partial charge in [0.25, 0.3) is 0 Å². The lowest BCUT2D eigenvalue weighted by Crippen LogP contribution is -2.63. The minimum absolute atomic E-state index is 0.0584. The first kappa shape index (κ1) is 5.05. The second-order valence-corrected chi connectivity index (χ2v) is 2.49. The lowest BCUT2D eigenvalue weighted by molar-refractivity contribution is 0.241. The third-order valence-corrected chi connectivity index (χ3v) is 1.72. The molecule has 0 aromatic heterocycles. The minimum atomic E-state index is -0.0623. The van der Waals surface area contributed by atoms with Crippen LogP contribution < -0.4 is 16.0 Å². The highest BCUT2D eigenvalue weighted by atomic mass is 16.2. The van der Waals surface area contributed by atoms with Crippen LogP contribution in [-0.4, -0.2) is 24.7 Å². The van der Waals surface area contributed by atoms with Crippen LogP contribution in [0.2, 0.25) is 0 Å². The molecule has 49 valence electrons. The highest BCUT2D eigenvalue weighted by molar-refractivity contribution is 5.78. The van der Waals surface area contributed by atoms with E-state index in [2.05, 4.69) is 16.0 Å². The van der Waals surface area contributed by atoms with Gasteiger partial charge in [-0.1, -0.05) is 0 Å².